The molecule has 1 aliphatic carbocycles. The number of carbonyl (C=O) groups is 1. The van der Waals surface area contributed by atoms with Gasteiger partial charge in [-0.1, -0.05) is 24.6 Å². The minimum atomic E-state index is -1.47. The number of aliphatic hydroxyl groups is 1. The highest BCUT2D eigenvalue weighted by Crippen LogP contribution is 2.56. The minimum Gasteiger partial charge on any atom is -0.468 e. The number of benzene rings is 1. The average Bonchev–Trinajstić information content (AvgIpc) is 2.69. The molecule has 0 amide bonds. The van der Waals surface area contributed by atoms with Crippen molar-refractivity contribution in [2.75, 3.05) is 7.11 Å². The molecule has 0 spiro atoms. The Morgan fingerprint density at radius 3 is 2.84 bits per heavy atom. The lowest BCUT2D eigenvalue weighted by molar-refractivity contribution is -0.208. The van der Waals surface area contributed by atoms with Gasteiger partial charge in [0.1, 0.15) is 5.75 Å². The van der Waals surface area contributed by atoms with Crippen LogP contribution in [-0.4, -0.2) is 24.0 Å². The molecule has 0 radical (unpaired) electrons. The normalized spacial score (nSPS) is 32.2. The Bertz CT molecular complexity index is 539. The highest BCUT2D eigenvalue weighted by atomic mass is 16.6. The summed E-state index contributed by atoms with van der Waals surface area (Å²) in [6.07, 6.45) is 2.75. The van der Waals surface area contributed by atoms with Crippen LogP contribution >= 0.6 is 0 Å². The molecular weight excluding hydrogens is 244 g/mol. The highest BCUT2D eigenvalue weighted by molar-refractivity contribution is 5.87. The van der Waals surface area contributed by atoms with E-state index < -0.39 is 17.2 Å². The molecule has 0 saturated heterocycles. The van der Waals surface area contributed by atoms with Gasteiger partial charge in [0, 0.05) is 12.0 Å². The lowest BCUT2D eigenvalue weighted by atomic mass is 9.66. The van der Waals surface area contributed by atoms with E-state index in [9.17, 15) is 9.90 Å². The van der Waals surface area contributed by atoms with Gasteiger partial charge in [-0.15, -0.1) is 0 Å². The van der Waals surface area contributed by atoms with Crippen LogP contribution in [-0.2, 0) is 14.9 Å². The van der Waals surface area contributed by atoms with Crippen molar-refractivity contribution in [2.45, 2.75) is 43.8 Å². The maximum Gasteiger partial charge on any atom is 0.323 e. The zero-order chi connectivity index (χ0) is 13.7. The molecule has 102 valence electrons. The number of hydrogen-bond donors (Lipinski definition) is 1. The summed E-state index contributed by atoms with van der Waals surface area (Å²) < 4.78 is 10.8. The summed E-state index contributed by atoms with van der Waals surface area (Å²) in [4.78, 5) is 12.4. The number of carbonyl (C=O) groups excluding carboxylic acids is 1. The van der Waals surface area contributed by atoms with Gasteiger partial charge < -0.3 is 14.6 Å². The highest BCUT2D eigenvalue weighted by Gasteiger charge is 2.66. The number of esters is 1. The molecule has 2 atom stereocenters. The third kappa shape index (κ3) is 1.40. The summed E-state index contributed by atoms with van der Waals surface area (Å²) >= 11 is 0. The van der Waals surface area contributed by atoms with E-state index in [1.54, 1.807) is 0 Å². The molecule has 1 saturated carbocycles. The lowest BCUT2D eigenvalue weighted by Crippen LogP contribution is -2.58. The molecule has 2 aliphatic rings. The van der Waals surface area contributed by atoms with Crippen LogP contribution in [0.15, 0.2) is 18.2 Å². The van der Waals surface area contributed by atoms with Crippen LogP contribution in [0.3, 0.4) is 0 Å². The van der Waals surface area contributed by atoms with E-state index in [-0.39, 0.29) is 0 Å². The van der Waals surface area contributed by atoms with Crippen LogP contribution < -0.4 is 4.74 Å². The first-order valence-corrected chi connectivity index (χ1v) is 6.65. The van der Waals surface area contributed by atoms with E-state index in [1.807, 2.05) is 25.1 Å². The van der Waals surface area contributed by atoms with Crippen molar-refractivity contribution in [2.24, 2.45) is 0 Å². The fourth-order valence-corrected chi connectivity index (χ4v) is 3.49. The van der Waals surface area contributed by atoms with Gasteiger partial charge in [0.25, 0.3) is 0 Å². The Morgan fingerprint density at radius 1 is 1.37 bits per heavy atom. The third-order valence-electron chi connectivity index (χ3n) is 4.46. The van der Waals surface area contributed by atoms with Crippen molar-refractivity contribution >= 4 is 5.97 Å². The first kappa shape index (κ1) is 12.5. The number of para-hydroxylation sites is 1. The number of aryl methyl sites for hydroxylation is 1. The molecule has 3 rings (SSSR count). The summed E-state index contributed by atoms with van der Waals surface area (Å²) in [6.45, 7) is 1.92. The lowest BCUT2D eigenvalue weighted by Gasteiger charge is -2.41. The van der Waals surface area contributed by atoms with Gasteiger partial charge in [0.05, 0.1) is 7.11 Å². The zero-order valence-electron chi connectivity index (χ0n) is 11.2. The van der Waals surface area contributed by atoms with E-state index >= 15 is 0 Å². The quantitative estimate of drug-likeness (QED) is 0.787. The van der Waals surface area contributed by atoms with Crippen LogP contribution in [0.25, 0.3) is 0 Å². The molecule has 1 N–H and O–H groups in total. The molecule has 2 unspecified atom stereocenters. The van der Waals surface area contributed by atoms with E-state index in [4.69, 9.17) is 9.47 Å². The Morgan fingerprint density at radius 2 is 2.11 bits per heavy atom. The summed E-state index contributed by atoms with van der Waals surface area (Å²) in [7, 11) is 1.36. The molecule has 4 nitrogen and oxygen atoms in total. The molecule has 0 bridgehead atoms. The summed E-state index contributed by atoms with van der Waals surface area (Å²) in [5.74, 6) is -1.23. The van der Waals surface area contributed by atoms with E-state index in [0.29, 0.717) is 18.6 Å². The molecule has 1 heterocycles. The SMILES string of the molecule is COC(=O)C12CCCCC1(O)Oc1c(C)cccc12. The maximum atomic E-state index is 12.4. The zero-order valence-corrected chi connectivity index (χ0v) is 11.2. The third-order valence-corrected chi connectivity index (χ3v) is 4.46. The number of hydrogen-bond acceptors (Lipinski definition) is 4. The Labute approximate surface area is 112 Å². The second-order valence-corrected chi connectivity index (χ2v) is 5.44. The van der Waals surface area contributed by atoms with Gasteiger partial charge >= 0.3 is 5.97 Å². The Balaban J connectivity index is 2.26. The average molecular weight is 262 g/mol. The number of ether oxygens (including phenoxy) is 2. The van der Waals surface area contributed by atoms with Crippen molar-refractivity contribution in [3.8, 4) is 5.75 Å². The van der Waals surface area contributed by atoms with Crippen LogP contribution in [0.1, 0.15) is 36.8 Å². The fourth-order valence-electron chi connectivity index (χ4n) is 3.49. The Kier molecular flexibility index (Phi) is 2.61. The number of rotatable bonds is 1. The monoisotopic (exact) mass is 262 g/mol. The number of fused-ring (bicyclic) bond motifs is 3. The van der Waals surface area contributed by atoms with Crippen molar-refractivity contribution in [1.29, 1.82) is 0 Å². The summed E-state index contributed by atoms with van der Waals surface area (Å²) in [5.41, 5.74) is 0.631. The van der Waals surface area contributed by atoms with Gasteiger partial charge in [-0.05, 0) is 25.3 Å². The molecule has 0 aromatic heterocycles. The van der Waals surface area contributed by atoms with Crippen LogP contribution in [0.5, 0.6) is 5.75 Å². The van der Waals surface area contributed by atoms with Crippen LogP contribution in [0, 0.1) is 6.92 Å². The van der Waals surface area contributed by atoms with Gasteiger partial charge in [-0.25, -0.2) is 0 Å². The van der Waals surface area contributed by atoms with Crippen molar-refractivity contribution < 1.29 is 19.4 Å². The molecular formula is C15H18O4. The van der Waals surface area contributed by atoms with Gasteiger partial charge in [0.2, 0.25) is 5.79 Å². The van der Waals surface area contributed by atoms with Crippen molar-refractivity contribution in [3.05, 3.63) is 29.3 Å². The largest absolute Gasteiger partial charge is 0.468 e. The predicted molar refractivity (Wildman–Crippen MR) is 68.9 cm³/mol. The van der Waals surface area contributed by atoms with E-state index in [0.717, 1.165) is 24.0 Å². The summed E-state index contributed by atoms with van der Waals surface area (Å²) in [6, 6.07) is 5.68. The topological polar surface area (TPSA) is 55.8 Å². The first-order valence-electron chi connectivity index (χ1n) is 6.65. The fraction of sp³-hybridized carbons (Fsp3) is 0.533. The molecule has 4 heteroatoms. The van der Waals surface area contributed by atoms with Gasteiger partial charge in [-0.2, -0.15) is 0 Å². The van der Waals surface area contributed by atoms with E-state index in [1.165, 1.54) is 7.11 Å². The maximum absolute atomic E-state index is 12.4. The van der Waals surface area contributed by atoms with Gasteiger partial charge in [0.15, 0.2) is 5.41 Å². The smallest absolute Gasteiger partial charge is 0.323 e. The summed E-state index contributed by atoms with van der Waals surface area (Å²) in [5, 5.41) is 10.9. The van der Waals surface area contributed by atoms with Crippen molar-refractivity contribution in [3.63, 3.8) is 0 Å². The predicted octanol–water partition coefficient (Wildman–Crippen LogP) is 2.06. The van der Waals surface area contributed by atoms with E-state index in [2.05, 4.69) is 0 Å². The number of methoxy groups -OCH3 is 1. The second-order valence-electron chi connectivity index (χ2n) is 5.44. The minimum absolute atomic E-state index is 0.404. The Hall–Kier alpha value is -1.55. The van der Waals surface area contributed by atoms with Crippen LogP contribution in [0.4, 0.5) is 0 Å². The molecule has 1 aromatic rings. The molecule has 1 aliphatic heterocycles. The first-order chi connectivity index (χ1) is 9.05. The van der Waals surface area contributed by atoms with Gasteiger partial charge in [-0.3, -0.25) is 4.79 Å². The molecule has 19 heavy (non-hydrogen) atoms. The second kappa shape index (κ2) is 3.97. The standard InChI is InChI=1S/C15H18O4/c1-10-6-5-7-11-12(10)19-15(17)9-4-3-8-14(11,15)13(16)18-2/h5-7,17H,3-4,8-9H2,1-2H3. The molecule has 1 aromatic carbocycles. The molecule has 1 fully saturated rings. The van der Waals surface area contributed by atoms with Crippen molar-refractivity contribution in [1.82, 2.24) is 0 Å². The van der Waals surface area contributed by atoms with Crippen LogP contribution in [0.2, 0.25) is 0 Å².